The summed E-state index contributed by atoms with van der Waals surface area (Å²) < 4.78 is 5.94. The zero-order valence-electron chi connectivity index (χ0n) is 11.8. The van der Waals surface area contributed by atoms with Crippen molar-refractivity contribution in [3.05, 3.63) is 0 Å². The number of hydrogen-bond acceptors (Lipinski definition) is 1. The van der Waals surface area contributed by atoms with E-state index in [1.54, 1.807) is 0 Å². The second-order valence-electron chi connectivity index (χ2n) is 6.01. The van der Waals surface area contributed by atoms with Crippen LogP contribution < -0.4 is 0 Å². The molecular formula is C14H30O. The van der Waals surface area contributed by atoms with Gasteiger partial charge in [0.1, 0.15) is 0 Å². The molecule has 0 aliphatic heterocycles. The highest BCUT2D eigenvalue weighted by Crippen LogP contribution is 2.37. The molecule has 0 fully saturated rings. The second-order valence-corrected chi connectivity index (χ2v) is 6.01. The second kappa shape index (κ2) is 5.89. The average molecular weight is 214 g/mol. The summed E-state index contributed by atoms with van der Waals surface area (Å²) in [5, 5.41) is 0. The van der Waals surface area contributed by atoms with Crippen molar-refractivity contribution in [3.63, 3.8) is 0 Å². The van der Waals surface area contributed by atoms with Gasteiger partial charge in [-0.15, -0.1) is 0 Å². The number of hydrogen-bond donors (Lipinski definition) is 0. The molecule has 0 radical (unpaired) electrons. The minimum absolute atomic E-state index is 0.294. The van der Waals surface area contributed by atoms with Gasteiger partial charge in [-0.1, -0.05) is 48.0 Å². The Morgan fingerprint density at radius 1 is 0.933 bits per heavy atom. The van der Waals surface area contributed by atoms with E-state index >= 15 is 0 Å². The van der Waals surface area contributed by atoms with Crippen LogP contribution in [0.25, 0.3) is 0 Å². The van der Waals surface area contributed by atoms with Gasteiger partial charge >= 0.3 is 0 Å². The van der Waals surface area contributed by atoms with Crippen LogP contribution in [-0.2, 0) is 4.74 Å². The predicted molar refractivity (Wildman–Crippen MR) is 68.2 cm³/mol. The molecule has 0 saturated carbocycles. The van der Waals surface area contributed by atoms with Gasteiger partial charge in [0.05, 0.1) is 6.10 Å². The van der Waals surface area contributed by atoms with Gasteiger partial charge < -0.3 is 4.74 Å². The standard InChI is InChI=1S/C14H30O/c1-8-13(4,5)11-12(15-10-3)14(6,7)9-2/h12H,8-11H2,1-7H3. The molecule has 0 aromatic carbocycles. The molecule has 0 aliphatic carbocycles. The predicted octanol–water partition coefficient (Wildman–Crippen LogP) is 4.65. The van der Waals surface area contributed by atoms with Crippen molar-refractivity contribution in [3.8, 4) is 0 Å². The highest BCUT2D eigenvalue weighted by atomic mass is 16.5. The Morgan fingerprint density at radius 2 is 1.47 bits per heavy atom. The molecule has 0 heterocycles. The minimum Gasteiger partial charge on any atom is -0.378 e. The van der Waals surface area contributed by atoms with Crippen LogP contribution in [0.5, 0.6) is 0 Å². The monoisotopic (exact) mass is 214 g/mol. The van der Waals surface area contributed by atoms with E-state index in [1.165, 1.54) is 12.8 Å². The summed E-state index contributed by atoms with van der Waals surface area (Å²) in [5.74, 6) is 0. The Morgan fingerprint density at radius 3 is 1.80 bits per heavy atom. The zero-order valence-corrected chi connectivity index (χ0v) is 11.8. The van der Waals surface area contributed by atoms with Crippen LogP contribution in [0.3, 0.4) is 0 Å². The van der Waals surface area contributed by atoms with Crippen LogP contribution in [0.15, 0.2) is 0 Å². The summed E-state index contributed by atoms with van der Waals surface area (Å²) >= 11 is 0. The maximum absolute atomic E-state index is 5.94. The molecule has 1 nitrogen and oxygen atoms in total. The van der Waals surface area contributed by atoms with Crippen molar-refractivity contribution in [1.29, 1.82) is 0 Å². The molecule has 1 atom stereocenters. The molecule has 0 spiro atoms. The quantitative estimate of drug-likeness (QED) is 0.599. The maximum atomic E-state index is 5.94. The van der Waals surface area contributed by atoms with Gasteiger partial charge in [-0.05, 0) is 30.6 Å². The Labute approximate surface area is 96.6 Å². The van der Waals surface area contributed by atoms with Gasteiger partial charge in [0.25, 0.3) is 0 Å². The van der Waals surface area contributed by atoms with E-state index in [2.05, 4.69) is 48.5 Å². The van der Waals surface area contributed by atoms with Crippen LogP contribution in [-0.4, -0.2) is 12.7 Å². The van der Waals surface area contributed by atoms with Crippen molar-refractivity contribution in [1.82, 2.24) is 0 Å². The molecule has 0 N–H and O–H groups in total. The minimum atomic E-state index is 0.294. The first-order valence-electron chi connectivity index (χ1n) is 6.40. The lowest BCUT2D eigenvalue weighted by atomic mass is 9.74. The highest BCUT2D eigenvalue weighted by molar-refractivity contribution is 4.83. The Kier molecular flexibility index (Phi) is 5.87. The molecule has 0 aliphatic rings. The van der Waals surface area contributed by atoms with E-state index in [4.69, 9.17) is 4.74 Å². The third kappa shape index (κ3) is 5.01. The first-order valence-corrected chi connectivity index (χ1v) is 6.40. The molecule has 1 heteroatoms. The fraction of sp³-hybridized carbons (Fsp3) is 1.00. The van der Waals surface area contributed by atoms with Gasteiger partial charge in [0.15, 0.2) is 0 Å². The SMILES string of the molecule is CCOC(CC(C)(C)CC)C(C)(C)CC. The van der Waals surface area contributed by atoms with Crippen LogP contribution in [0.1, 0.15) is 67.7 Å². The summed E-state index contributed by atoms with van der Waals surface area (Å²) in [7, 11) is 0. The van der Waals surface area contributed by atoms with Gasteiger partial charge in [0.2, 0.25) is 0 Å². The summed E-state index contributed by atoms with van der Waals surface area (Å²) in [6, 6.07) is 0. The smallest absolute Gasteiger partial charge is 0.0630 e. The summed E-state index contributed by atoms with van der Waals surface area (Å²) in [5.41, 5.74) is 0.689. The molecule has 0 bridgehead atoms. The van der Waals surface area contributed by atoms with Crippen molar-refractivity contribution in [2.45, 2.75) is 73.8 Å². The third-order valence-corrected chi connectivity index (χ3v) is 3.85. The number of ether oxygens (including phenoxy) is 1. The molecule has 15 heavy (non-hydrogen) atoms. The van der Waals surface area contributed by atoms with Gasteiger partial charge in [-0.25, -0.2) is 0 Å². The highest BCUT2D eigenvalue weighted by Gasteiger charge is 2.32. The van der Waals surface area contributed by atoms with E-state index in [9.17, 15) is 0 Å². The Balaban J connectivity index is 4.53. The van der Waals surface area contributed by atoms with Crippen molar-refractivity contribution in [2.75, 3.05) is 6.61 Å². The molecule has 0 amide bonds. The largest absolute Gasteiger partial charge is 0.378 e. The molecule has 0 saturated heterocycles. The summed E-state index contributed by atoms with van der Waals surface area (Å²) in [6.07, 6.45) is 3.95. The third-order valence-electron chi connectivity index (χ3n) is 3.85. The lowest BCUT2D eigenvalue weighted by Gasteiger charge is -2.38. The fourth-order valence-electron chi connectivity index (χ4n) is 1.64. The first kappa shape index (κ1) is 15.0. The van der Waals surface area contributed by atoms with Gasteiger partial charge in [0, 0.05) is 6.61 Å². The molecule has 0 aromatic rings. The Hall–Kier alpha value is -0.0400. The van der Waals surface area contributed by atoms with Crippen molar-refractivity contribution < 1.29 is 4.74 Å². The van der Waals surface area contributed by atoms with Crippen molar-refractivity contribution >= 4 is 0 Å². The summed E-state index contributed by atoms with van der Waals surface area (Å²) in [4.78, 5) is 0. The van der Waals surface area contributed by atoms with E-state index in [0.29, 0.717) is 16.9 Å². The van der Waals surface area contributed by atoms with E-state index in [0.717, 1.165) is 13.0 Å². The van der Waals surface area contributed by atoms with Crippen molar-refractivity contribution in [2.24, 2.45) is 10.8 Å². The maximum Gasteiger partial charge on any atom is 0.0630 e. The molecular weight excluding hydrogens is 184 g/mol. The number of rotatable bonds is 7. The Bertz CT molecular complexity index is 170. The molecule has 92 valence electrons. The lowest BCUT2D eigenvalue weighted by molar-refractivity contribution is -0.0467. The van der Waals surface area contributed by atoms with Crippen LogP contribution in [0.2, 0.25) is 0 Å². The lowest BCUT2D eigenvalue weighted by Crippen LogP contribution is -2.35. The molecule has 0 aromatic heterocycles. The fourth-order valence-corrected chi connectivity index (χ4v) is 1.64. The topological polar surface area (TPSA) is 9.23 Å². The summed E-state index contributed by atoms with van der Waals surface area (Å²) in [6.45, 7) is 16.8. The van der Waals surface area contributed by atoms with E-state index < -0.39 is 0 Å². The van der Waals surface area contributed by atoms with E-state index in [1.807, 2.05) is 0 Å². The molecule has 1 unspecified atom stereocenters. The van der Waals surface area contributed by atoms with Crippen LogP contribution in [0.4, 0.5) is 0 Å². The van der Waals surface area contributed by atoms with Crippen LogP contribution >= 0.6 is 0 Å². The first-order chi connectivity index (χ1) is 6.79. The van der Waals surface area contributed by atoms with E-state index in [-0.39, 0.29) is 0 Å². The normalized spacial score (nSPS) is 15.4. The molecule has 0 rings (SSSR count). The van der Waals surface area contributed by atoms with Gasteiger partial charge in [-0.2, -0.15) is 0 Å². The van der Waals surface area contributed by atoms with Gasteiger partial charge in [-0.3, -0.25) is 0 Å². The van der Waals surface area contributed by atoms with Crippen LogP contribution in [0, 0.1) is 10.8 Å². The average Bonchev–Trinajstić information content (AvgIpc) is 2.17. The zero-order chi connectivity index (χ0) is 12.1.